The fraction of sp³-hybridized carbons (Fsp3) is 0.261. The van der Waals surface area contributed by atoms with Gasteiger partial charge in [-0.05, 0) is 56.7 Å². The number of methoxy groups -OCH3 is 1. The second-order valence-electron chi connectivity index (χ2n) is 6.77. The average Bonchev–Trinajstić information content (AvgIpc) is 2.73. The Bertz CT molecular complexity index is 1000. The minimum atomic E-state index is -1.54. The van der Waals surface area contributed by atoms with E-state index in [2.05, 4.69) is 5.32 Å². The lowest BCUT2D eigenvalue weighted by Crippen LogP contribution is -2.31. The molecule has 2 atom stereocenters. The van der Waals surface area contributed by atoms with Crippen molar-refractivity contribution < 1.29 is 18.8 Å². The molecular weight excluding hydrogens is 422 g/mol. The first-order valence-corrected chi connectivity index (χ1v) is 11.1. The largest absolute Gasteiger partial charge is 0.607 e. The van der Waals surface area contributed by atoms with Gasteiger partial charge in [-0.3, -0.25) is 0 Å². The monoisotopic (exact) mass is 445 g/mol. The molecule has 5 nitrogen and oxygen atoms in total. The summed E-state index contributed by atoms with van der Waals surface area (Å²) in [5, 5.41) is 3.69. The summed E-state index contributed by atoms with van der Waals surface area (Å²) in [6, 6.07) is 14.4. The molecule has 0 fully saturated rings. The number of hydrogen-bond acceptors (Lipinski definition) is 5. The summed E-state index contributed by atoms with van der Waals surface area (Å²) < 4.78 is 24.2. The van der Waals surface area contributed by atoms with E-state index in [1.807, 2.05) is 32.0 Å². The summed E-state index contributed by atoms with van der Waals surface area (Å²) in [5.41, 5.74) is 2.47. The first kappa shape index (κ1) is 22.3. The van der Waals surface area contributed by atoms with E-state index < -0.39 is 23.1 Å². The Labute approximate surface area is 184 Å². The minimum absolute atomic E-state index is 0.394. The van der Waals surface area contributed by atoms with Gasteiger partial charge in [-0.15, -0.1) is 0 Å². The van der Waals surface area contributed by atoms with Crippen LogP contribution in [0.1, 0.15) is 32.3 Å². The molecule has 30 heavy (non-hydrogen) atoms. The van der Waals surface area contributed by atoms with Crippen molar-refractivity contribution in [1.29, 1.82) is 0 Å². The SMILES string of the molecule is CCOc1ccc([S+]([O-])C2=C(C)NC(C)=C(C(=O)OC)C2c2ccccc2Cl)cc1. The number of allylic oxidation sites excluding steroid dienone is 3. The first-order valence-electron chi connectivity index (χ1n) is 9.55. The maximum absolute atomic E-state index is 13.7. The standard InChI is InChI=1S/C23H24ClNO4S/c1-5-29-16-10-12-17(13-11-16)30(27)22-15(3)25-14(2)20(23(26)28-4)21(22)18-8-6-7-9-19(18)24/h6-13,21,25H,5H2,1-4H3. The van der Waals surface area contributed by atoms with Gasteiger partial charge in [0.1, 0.15) is 5.75 Å². The number of dihydropyridines is 1. The van der Waals surface area contributed by atoms with Crippen molar-refractivity contribution in [2.24, 2.45) is 0 Å². The van der Waals surface area contributed by atoms with Gasteiger partial charge in [0, 0.05) is 21.9 Å². The fourth-order valence-electron chi connectivity index (χ4n) is 3.56. The molecule has 0 amide bonds. The van der Waals surface area contributed by atoms with Crippen LogP contribution >= 0.6 is 11.6 Å². The average molecular weight is 446 g/mol. The van der Waals surface area contributed by atoms with Crippen LogP contribution in [0.25, 0.3) is 0 Å². The molecule has 1 heterocycles. The number of halogens is 1. The number of carbonyl (C=O) groups excluding carboxylic acids is 1. The predicted molar refractivity (Wildman–Crippen MR) is 119 cm³/mol. The molecule has 1 aliphatic rings. The van der Waals surface area contributed by atoms with Gasteiger partial charge in [-0.1, -0.05) is 29.8 Å². The highest BCUT2D eigenvalue weighted by molar-refractivity contribution is 7.95. The highest BCUT2D eigenvalue weighted by atomic mass is 35.5. The van der Waals surface area contributed by atoms with Crippen molar-refractivity contribution in [3.63, 3.8) is 0 Å². The molecule has 0 aromatic heterocycles. The van der Waals surface area contributed by atoms with E-state index in [0.29, 0.717) is 44.0 Å². The zero-order valence-corrected chi connectivity index (χ0v) is 18.9. The van der Waals surface area contributed by atoms with Crippen molar-refractivity contribution >= 4 is 28.7 Å². The molecule has 1 N–H and O–H groups in total. The normalized spacial score (nSPS) is 17.5. The van der Waals surface area contributed by atoms with Crippen LogP contribution in [0.4, 0.5) is 0 Å². The van der Waals surface area contributed by atoms with Gasteiger partial charge >= 0.3 is 5.97 Å². The van der Waals surface area contributed by atoms with Crippen LogP contribution in [0.2, 0.25) is 5.02 Å². The van der Waals surface area contributed by atoms with E-state index in [0.717, 1.165) is 5.70 Å². The summed E-state index contributed by atoms with van der Waals surface area (Å²) in [4.78, 5) is 13.9. The van der Waals surface area contributed by atoms with Gasteiger partial charge < -0.3 is 19.3 Å². The number of ether oxygens (including phenoxy) is 2. The Morgan fingerprint density at radius 3 is 2.40 bits per heavy atom. The Hall–Kier alpha value is -2.41. The first-order chi connectivity index (χ1) is 14.4. The highest BCUT2D eigenvalue weighted by Gasteiger charge is 2.41. The number of nitrogens with one attached hydrogen (secondary N) is 1. The third-order valence-corrected chi connectivity index (χ3v) is 6.86. The fourth-order valence-corrected chi connectivity index (χ4v) is 5.23. The molecule has 0 spiro atoms. The molecule has 1 aliphatic heterocycles. The van der Waals surface area contributed by atoms with Crippen molar-refractivity contribution in [3.8, 4) is 5.75 Å². The van der Waals surface area contributed by atoms with Gasteiger partial charge in [0.05, 0.1) is 30.9 Å². The molecule has 0 radical (unpaired) electrons. The van der Waals surface area contributed by atoms with Crippen molar-refractivity contribution in [2.75, 3.05) is 13.7 Å². The maximum Gasteiger partial charge on any atom is 0.336 e. The maximum atomic E-state index is 13.7. The predicted octanol–water partition coefficient (Wildman–Crippen LogP) is 4.91. The van der Waals surface area contributed by atoms with Crippen molar-refractivity contribution in [3.05, 3.63) is 81.0 Å². The summed E-state index contributed by atoms with van der Waals surface area (Å²) >= 11 is 4.96. The third kappa shape index (κ3) is 4.36. The number of hydrogen-bond donors (Lipinski definition) is 1. The van der Waals surface area contributed by atoms with E-state index in [4.69, 9.17) is 21.1 Å². The summed E-state index contributed by atoms with van der Waals surface area (Å²) in [7, 11) is 1.33. The number of carbonyl (C=O) groups is 1. The molecule has 0 aliphatic carbocycles. The Kier molecular flexibility index (Phi) is 7.13. The molecule has 0 saturated carbocycles. The number of rotatable bonds is 6. The Morgan fingerprint density at radius 1 is 1.13 bits per heavy atom. The minimum Gasteiger partial charge on any atom is -0.607 e. The van der Waals surface area contributed by atoms with Crippen LogP contribution in [0.15, 0.2) is 75.3 Å². The second kappa shape index (κ2) is 9.60. The topological polar surface area (TPSA) is 70.6 Å². The smallest absolute Gasteiger partial charge is 0.336 e. The van der Waals surface area contributed by atoms with Gasteiger partial charge in [-0.25, -0.2) is 4.79 Å². The zero-order valence-electron chi connectivity index (χ0n) is 17.3. The van der Waals surface area contributed by atoms with Gasteiger partial charge in [0.2, 0.25) is 0 Å². The highest BCUT2D eigenvalue weighted by Crippen LogP contribution is 2.45. The molecule has 3 rings (SSSR count). The van der Waals surface area contributed by atoms with Crippen LogP contribution in [-0.2, 0) is 20.7 Å². The van der Waals surface area contributed by atoms with Gasteiger partial charge in [-0.2, -0.15) is 0 Å². The molecule has 2 aromatic carbocycles. The van der Waals surface area contributed by atoms with E-state index in [1.165, 1.54) is 7.11 Å². The summed E-state index contributed by atoms with van der Waals surface area (Å²) in [5.74, 6) is -0.377. The molecule has 158 valence electrons. The summed E-state index contributed by atoms with van der Waals surface area (Å²) in [6.45, 7) is 6.11. The molecule has 2 unspecified atom stereocenters. The van der Waals surface area contributed by atoms with Crippen molar-refractivity contribution in [2.45, 2.75) is 31.6 Å². The quantitative estimate of drug-likeness (QED) is 0.505. The van der Waals surface area contributed by atoms with Crippen LogP contribution in [0.5, 0.6) is 5.75 Å². The number of benzene rings is 2. The van der Waals surface area contributed by atoms with E-state index >= 15 is 0 Å². The van der Waals surface area contributed by atoms with Crippen molar-refractivity contribution in [1.82, 2.24) is 5.32 Å². The van der Waals surface area contributed by atoms with Crippen LogP contribution < -0.4 is 10.1 Å². The van der Waals surface area contributed by atoms with Gasteiger partial charge in [0.15, 0.2) is 9.80 Å². The Balaban J connectivity index is 2.13. The molecule has 7 heteroatoms. The lowest BCUT2D eigenvalue weighted by atomic mass is 9.86. The third-order valence-electron chi connectivity index (χ3n) is 4.87. The van der Waals surface area contributed by atoms with Crippen LogP contribution in [0.3, 0.4) is 0 Å². The zero-order chi connectivity index (χ0) is 21.8. The van der Waals surface area contributed by atoms with E-state index in [1.54, 1.807) is 37.3 Å². The lowest BCUT2D eigenvalue weighted by molar-refractivity contribution is -0.136. The molecular formula is C23H24ClNO4S. The Morgan fingerprint density at radius 2 is 1.80 bits per heavy atom. The van der Waals surface area contributed by atoms with Crippen LogP contribution in [0, 0.1) is 0 Å². The van der Waals surface area contributed by atoms with E-state index in [-0.39, 0.29) is 0 Å². The number of esters is 1. The van der Waals surface area contributed by atoms with Gasteiger partial charge in [0.25, 0.3) is 0 Å². The molecule has 0 saturated heterocycles. The summed E-state index contributed by atoms with van der Waals surface area (Å²) in [6.07, 6.45) is 0. The molecule has 2 aromatic rings. The lowest BCUT2D eigenvalue weighted by Gasteiger charge is -2.31. The molecule has 0 bridgehead atoms. The second-order valence-corrected chi connectivity index (χ2v) is 8.63. The van der Waals surface area contributed by atoms with E-state index in [9.17, 15) is 9.35 Å². The van der Waals surface area contributed by atoms with Crippen LogP contribution in [-0.4, -0.2) is 24.2 Å².